The summed E-state index contributed by atoms with van der Waals surface area (Å²) in [7, 11) is 0. The molecule has 0 heterocycles. The number of ether oxygens (including phenoxy) is 2. The Morgan fingerprint density at radius 2 is 1.36 bits per heavy atom. The van der Waals surface area contributed by atoms with Crippen LogP contribution in [0.1, 0.15) is 91.4 Å². The summed E-state index contributed by atoms with van der Waals surface area (Å²) < 4.78 is 10.5. The maximum Gasteiger partial charge on any atom is 0.334 e. The van der Waals surface area contributed by atoms with Crippen LogP contribution in [-0.2, 0) is 19.1 Å². The lowest BCUT2D eigenvalue weighted by molar-refractivity contribution is -0.142. The summed E-state index contributed by atoms with van der Waals surface area (Å²) in [5.41, 5.74) is 1.18. The van der Waals surface area contributed by atoms with Crippen LogP contribution in [0.25, 0.3) is 0 Å². The first kappa shape index (κ1) is 21.7. The number of unbranched alkanes of at least 4 members (excludes halogenated alkanes) is 5. The van der Waals surface area contributed by atoms with E-state index in [-0.39, 0.29) is 17.9 Å². The molecule has 1 fully saturated rings. The van der Waals surface area contributed by atoms with E-state index in [0.717, 1.165) is 38.5 Å². The molecule has 0 aromatic rings. The fraction of sp³-hybridized carbons (Fsp3) is 0.810. The van der Waals surface area contributed by atoms with Crippen LogP contribution in [0.5, 0.6) is 0 Å². The van der Waals surface area contributed by atoms with Gasteiger partial charge in [0.2, 0.25) is 0 Å². The van der Waals surface area contributed by atoms with Gasteiger partial charge in [-0.2, -0.15) is 0 Å². The van der Waals surface area contributed by atoms with Crippen molar-refractivity contribution in [1.82, 2.24) is 0 Å². The molecule has 4 heteroatoms. The van der Waals surface area contributed by atoms with Crippen LogP contribution in [0, 0.1) is 5.92 Å². The first-order valence-electron chi connectivity index (χ1n) is 10.2. The largest absolute Gasteiger partial charge is 0.463 e. The topological polar surface area (TPSA) is 52.6 Å². The molecule has 4 nitrogen and oxygen atoms in total. The molecule has 0 amide bonds. The van der Waals surface area contributed by atoms with Gasteiger partial charge in [-0.3, -0.25) is 0 Å². The highest BCUT2D eigenvalue weighted by Gasteiger charge is 2.31. The van der Waals surface area contributed by atoms with E-state index < -0.39 is 0 Å². The Hall–Kier alpha value is -1.32. The fourth-order valence-electron chi connectivity index (χ4n) is 3.61. The van der Waals surface area contributed by atoms with Crippen LogP contribution in [0.2, 0.25) is 0 Å². The normalized spacial score (nSPS) is 15.8. The molecule has 0 bridgehead atoms. The van der Waals surface area contributed by atoms with Crippen LogP contribution in [0.4, 0.5) is 0 Å². The molecule has 0 unspecified atom stereocenters. The van der Waals surface area contributed by atoms with E-state index in [1.807, 2.05) is 6.92 Å². The van der Waals surface area contributed by atoms with Crippen LogP contribution in [0.15, 0.2) is 11.1 Å². The van der Waals surface area contributed by atoms with E-state index in [9.17, 15) is 9.59 Å². The SMILES string of the molecule is CCCCCCCCC(C(=O)OCC)=C(C(=O)OCC)C1CCCC1. The standard InChI is InChI=1S/C21H36O4/c1-4-7-8-9-10-11-16-18(20(22)24-5-2)19(21(23)25-6-3)17-14-12-13-15-17/h17H,4-16H2,1-3H3. The summed E-state index contributed by atoms with van der Waals surface area (Å²) in [5.74, 6) is -0.493. The first-order chi connectivity index (χ1) is 12.2. The zero-order valence-electron chi connectivity index (χ0n) is 16.4. The van der Waals surface area contributed by atoms with Gasteiger partial charge in [0.15, 0.2) is 0 Å². The lowest BCUT2D eigenvalue weighted by Crippen LogP contribution is -2.21. The Kier molecular flexibility index (Phi) is 11.3. The second-order valence-electron chi connectivity index (χ2n) is 6.83. The molecule has 25 heavy (non-hydrogen) atoms. The van der Waals surface area contributed by atoms with Crippen LogP contribution >= 0.6 is 0 Å². The van der Waals surface area contributed by atoms with Crippen molar-refractivity contribution in [1.29, 1.82) is 0 Å². The Morgan fingerprint density at radius 3 is 1.96 bits per heavy atom. The predicted molar refractivity (Wildman–Crippen MR) is 100 cm³/mol. The maximum atomic E-state index is 12.6. The van der Waals surface area contributed by atoms with Gasteiger partial charge < -0.3 is 9.47 Å². The molecule has 0 aliphatic heterocycles. The smallest absolute Gasteiger partial charge is 0.334 e. The van der Waals surface area contributed by atoms with Crippen molar-refractivity contribution in [3.8, 4) is 0 Å². The van der Waals surface area contributed by atoms with Crippen molar-refractivity contribution in [2.75, 3.05) is 13.2 Å². The number of rotatable bonds is 12. The third-order valence-corrected chi connectivity index (χ3v) is 4.89. The van der Waals surface area contributed by atoms with Crippen LogP contribution < -0.4 is 0 Å². The molecule has 0 spiro atoms. The number of carbonyl (C=O) groups excluding carboxylic acids is 2. The second kappa shape index (κ2) is 13.0. The molecule has 0 saturated heterocycles. The minimum Gasteiger partial charge on any atom is -0.463 e. The Labute approximate surface area is 153 Å². The van der Waals surface area contributed by atoms with Gasteiger partial charge in [-0.05, 0) is 45.4 Å². The molecule has 1 aliphatic rings. The second-order valence-corrected chi connectivity index (χ2v) is 6.83. The lowest BCUT2D eigenvalue weighted by atomic mass is 9.90. The van der Waals surface area contributed by atoms with Crippen molar-refractivity contribution in [3.63, 3.8) is 0 Å². The predicted octanol–water partition coefficient (Wildman–Crippen LogP) is 5.35. The summed E-state index contributed by atoms with van der Waals surface area (Å²) in [6.45, 7) is 6.48. The number of hydrogen-bond acceptors (Lipinski definition) is 4. The highest BCUT2D eigenvalue weighted by molar-refractivity contribution is 6.00. The average molecular weight is 353 g/mol. The molecule has 0 aromatic carbocycles. The van der Waals surface area contributed by atoms with Crippen molar-refractivity contribution in [3.05, 3.63) is 11.1 Å². The fourth-order valence-corrected chi connectivity index (χ4v) is 3.61. The molecular weight excluding hydrogens is 316 g/mol. The third kappa shape index (κ3) is 7.62. The van der Waals surface area contributed by atoms with Crippen molar-refractivity contribution < 1.29 is 19.1 Å². The minimum absolute atomic E-state index is 0.151. The van der Waals surface area contributed by atoms with E-state index in [1.54, 1.807) is 6.92 Å². The molecule has 1 saturated carbocycles. The zero-order valence-corrected chi connectivity index (χ0v) is 16.4. The molecule has 1 rings (SSSR count). The molecular formula is C21H36O4. The summed E-state index contributed by atoms with van der Waals surface area (Å²) in [4.78, 5) is 25.1. The minimum atomic E-state index is -0.328. The lowest BCUT2D eigenvalue weighted by Gasteiger charge is -2.18. The Morgan fingerprint density at radius 1 is 0.800 bits per heavy atom. The van der Waals surface area contributed by atoms with Gasteiger partial charge in [0.1, 0.15) is 0 Å². The van der Waals surface area contributed by atoms with Crippen LogP contribution in [0.3, 0.4) is 0 Å². The summed E-state index contributed by atoms with van der Waals surface area (Å²) in [5, 5.41) is 0. The highest BCUT2D eigenvalue weighted by atomic mass is 16.5. The summed E-state index contributed by atoms with van der Waals surface area (Å²) in [6.07, 6.45) is 11.7. The summed E-state index contributed by atoms with van der Waals surface area (Å²) in [6, 6.07) is 0. The van der Waals surface area contributed by atoms with Gasteiger partial charge in [0.05, 0.1) is 18.8 Å². The molecule has 0 atom stereocenters. The van der Waals surface area contributed by atoms with Crippen LogP contribution in [-0.4, -0.2) is 25.2 Å². The van der Waals surface area contributed by atoms with E-state index in [0.29, 0.717) is 30.8 Å². The van der Waals surface area contributed by atoms with Gasteiger partial charge in [-0.15, -0.1) is 0 Å². The molecule has 144 valence electrons. The van der Waals surface area contributed by atoms with Gasteiger partial charge in [-0.1, -0.05) is 51.9 Å². The van der Waals surface area contributed by atoms with Crippen molar-refractivity contribution in [2.45, 2.75) is 91.4 Å². The number of hydrogen-bond donors (Lipinski definition) is 0. The van der Waals surface area contributed by atoms with Gasteiger partial charge in [0, 0.05) is 5.57 Å². The molecule has 0 aromatic heterocycles. The summed E-state index contributed by atoms with van der Waals surface area (Å²) >= 11 is 0. The molecule has 0 radical (unpaired) electrons. The number of carbonyl (C=O) groups is 2. The maximum absolute atomic E-state index is 12.6. The highest BCUT2D eigenvalue weighted by Crippen LogP contribution is 2.35. The van der Waals surface area contributed by atoms with E-state index in [1.165, 1.54) is 25.7 Å². The molecule has 0 N–H and O–H groups in total. The monoisotopic (exact) mass is 352 g/mol. The van der Waals surface area contributed by atoms with Gasteiger partial charge >= 0.3 is 11.9 Å². The van der Waals surface area contributed by atoms with Gasteiger partial charge in [-0.25, -0.2) is 9.59 Å². The first-order valence-corrected chi connectivity index (χ1v) is 10.2. The average Bonchev–Trinajstić information content (AvgIpc) is 3.11. The van der Waals surface area contributed by atoms with E-state index in [4.69, 9.17) is 9.47 Å². The third-order valence-electron chi connectivity index (χ3n) is 4.89. The van der Waals surface area contributed by atoms with E-state index in [2.05, 4.69) is 6.92 Å². The van der Waals surface area contributed by atoms with E-state index >= 15 is 0 Å². The van der Waals surface area contributed by atoms with Gasteiger partial charge in [0.25, 0.3) is 0 Å². The Balaban J connectivity index is 2.89. The zero-order chi connectivity index (χ0) is 18.5. The van der Waals surface area contributed by atoms with Crippen molar-refractivity contribution in [2.24, 2.45) is 5.92 Å². The Bertz CT molecular complexity index is 433. The number of esters is 2. The van der Waals surface area contributed by atoms with Crippen molar-refractivity contribution >= 4 is 11.9 Å². The molecule has 1 aliphatic carbocycles. The quantitative estimate of drug-likeness (QED) is 0.270.